The van der Waals surface area contributed by atoms with Crippen molar-refractivity contribution in [2.45, 2.75) is 51.4 Å². The van der Waals surface area contributed by atoms with Crippen LogP contribution in [0.3, 0.4) is 0 Å². The zero-order chi connectivity index (χ0) is 22.4. The van der Waals surface area contributed by atoms with E-state index < -0.39 is 0 Å². The number of rotatable bonds is 7. The van der Waals surface area contributed by atoms with Crippen molar-refractivity contribution in [1.29, 1.82) is 0 Å². The Labute approximate surface area is 197 Å². The summed E-state index contributed by atoms with van der Waals surface area (Å²) in [6.45, 7) is 0.786. The first-order valence-electron chi connectivity index (χ1n) is 12.0. The topological polar surface area (TPSA) is 89.6 Å². The number of fused-ring (bicyclic) bond motifs is 1. The molecule has 0 atom stereocenters. The second-order valence-electron chi connectivity index (χ2n) is 10.2. The quantitative estimate of drug-likeness (QED) is 0.582. The van der Waals surface area contributed by atoms with Crippen LogP contribution in [0.2, 0.25) is 0 Å². The third-order valence-corrected chi connectivity index (χ3v) is 8.56. The molecule has 4 aliphatic carbocycles. The Morgan fingerprint density at radius 2 is 1.79 bits per heavy atom. The lowest BCUT2D eigenvalue weighted by molar-refractivity contribution is -0.146. The molecule has 0 saturated heterocycles. The van der Waals surface area contributed by atoms with Gasteiger partial charge in [-0.15, -0.1) is 11.3 Å². The number of aromatic nitrogens is 1. The van der Waals surface area contributed by atoms with Gasteiger partial charge >= 0.3 is 0 Å². The normalized spacial score (nSPS) is 28.7. The molecule has 4 bridgehead atoms. The van der Waals surface area contributed by atoms with Gasteiger partial charge in [-0.2, -0.15) is 0 Å². The van der Waals surface area contributed by atoms with Crippen molar-refractivity contribution in [3.63, 3.8) is 0 Å². The van der Waals surface area contributed by atoms with E-state index in [0.717, 1.165) is 54.0 Å². The van der Waals surface area contributed by atoms with Crippen LogP contribution in [-0.4, -0.2) is 30.1 Å². The van der Waals surface area contributed by atoms with Gasteiger partial charge in [0.1, 0.15) is 0 Å². The Bertz CT molecular complexity index is 1050. The lowest BCUT2D eigenvalue weighted by Gasteiger charge is -2.55. The average Bonchev–Trinajstić information content (AvgIpc) is 3.44. The largest absolute Gasteiger partial charge is 0.454 e. The number of hydrogen-bond donors (Lipinski definition) is 2. The number of hydrogen-bond acceptors (Lipinski definition) is 6. The Kier molecular flexibility index (Phi) is 5.28. The molecule has 4 fully saturated rings. The molecule has 2 N–H and O–H groups in total. The van der Waals surface area contributed by atoms with Crippen LogP contribution in [0, 0.1) is 23.2 Å². The molecule has 0 radical (unpaired) electrons. The SMILES string of the molecule is O=C(CCCNC(=O)C12CC3CC(CC(C3)C1)C2)Nc1nc(-c2ccc3c(c2)OCO3)cs1. The molecule has 5 aliphatic rings. The van der Waals surface area contributed by atoms with Gasteiger partial charge in [-0.25, -0.2) is 4.98 Å². The number of carbonyl (C=O) groups excluding carboxylic acids is 2. The fourth-order valence-corrected chi connectivity index (χ4v) is 7.46. The van der Waals surface area contributed by atoms with Crippen LogP contribution in [0.1, 0.15) is 51.4 Å². The lowest BCUT2D eigenvalue weighted by Crippen LogP contribution is -2.53. The Morgan fingerprint density at radius 3 is 2.55 bits per heavy atom. The highest BCUT2D eigenvalue weighted by atomic mass is 32.1. The number of carbonyl (C=O) groups is 2. The maximum absolute atomic E-state index is 13.0. The van der Waals surface area contributed by atoms with E-state index in [1.54, 1.807) is 0 Å². The van der Waals surface area contributed by atoms with Gasteiger partial charge < -0.3 is 20.1 Å². The number of nitrogens with one attached hydrogen (secondary N) is 2. The minimum atomic E-state index is -0.122. The minimum Gasteiger partial charge on any atom is -0.454 e. The maximum atomic E-state index is 13.0. The molecule has 2 amide bonds. The fourth-order valence-electron chi connectivity index (χ4n) is 6.73. The summed E-state index contributed by atoms with van der Waals surface area (Å²) in [6.07, 6.45) is 8.20. The fraction of sp³-hybridized carbons (Fsp3) is 0.560. The summed E-state index contributed by atoms with van der Waals surface area (Å²) in [5.74, 6) is 3.87. The van der Waals surface area contributed by atoms with Crippen molar-refractivity contribution in [3.05, 3.63) is 23.6 Å². The highest BCUT2D eigenvalue weighted by Crippen LogP contribution is 2.60. The zero-order valence-electron chi connectivity index (χ0n) is 18.6. The van der Waals surface area contributed by atoms with E-state index in [4.69, 9.17) is 9.47 Å². The smallest absolute Gasteiger partial charge is 0.231 e. The maximum Gasteiger partial charge on any atom is 0.231 e. The van der Waals surface area contributed by atoms with Gasteiger partial charge in [0, 0.05) is 29.3 Å². The Morgan fingerprint density at radius 1 is 1.06 bits per heavy atom. The number of benzene rings is 1. The van der Waals surface area contributed by atoms with E-state index >= 15 is 0 Å². The van der Waals surface area contributed by atoms with Crippen LogP contribution < -0.4 is 20.1 Å². The summed E-state index contributed by atoms with van der Waals surface area (Å²) >= 11 is 1.40. The van der Waals surface area contributed by atoms with Crippen LogP contribution in [0.5, 0.6) is 11.5 Å². The predicted molar refractivity (Wildman–Crippen MR) is 125 cm³/mol. The second-order valence-corrected chi connectivity index (χ2v) is 11.1. The molecular formula is C25H29N3O4S. The number of thiazole rings is 1. The van der Waals surface area contributed by atoms with Crippen molar-refractivity contribution in [3.8, 4) is 22.8 Å². The molecule has 0 unspecified atom stereocenters. The van der Waals surface area contributed by atoms with Gasteiger partial charge in [0.05, 0.1) is 5.69 Å². The minimum absolute atomic E-state index is 0.0781. The highest BCUT2D eigenvalue weighted by Gasteiger charge is 2.54. The van der Waals surface area contributed by atoms with Crippen LogP contribution >= 0.6 is 11.3 Å². The predicted octanol–water partition coefficient (Wildman–Crippen LogP) is 4.59. The van der Waals surface area contributed by atoms with E-state index in [1.165, 1.54) is 30.6 Å². The Hall–Kier alpha value is -2.61. The van der Waals surface area contributed by atoms with E-state index in [2.05, 4.69) is 15.6 Å². The van der Waals surface area contributed by atoms with E-state index in [9.17, 15) is 9.59 Å². The first-order valence-corrected chi connectivity index (χ1v) is 12.9. The molecule has 1 aromatic heterocycles. The molecule has 1 aliphatic heterocycles. The molecule has 33 heavy (non-hydrogen) atoms. The standard InChI is InChI=1S/C25H29N3O4S/c29-22(28-24-27-19(13-33-24)18-3-4-20-21(9-18)32-14-31-20)2-1-5-26-23(30)25-10-15-6-16(11-25)8-17(7-15)12-25/h3-4,9,13,15-17H,1-2,5-8,10-12,14H2,(H,26,30)(H,27,28,29). The van der Waals surface area contributed by atoms with Crippen LogP contribution in [0.25, 0.3) is 11.3 Å². The summed E-state index contributed by atoms with van der Waals surface area (Å²) in [6, 6.07) is 5.70. The van der Waals surface area contributed by atoms with Gasteiger partial charge in [0.25, 0.3) is 0 Å². The Balaban J connectivity index is 0.969. The first kappa shape index (κ1) is 21.0. The van der Waals surface area contributed by atoms with Gasteiger partial charge in [0.2, 0.25) is 18.6 Å². The van der Waals surface area contributed by atoms with E-state index in [-0.39, 0.29) is 24.0 Å². The van der Waals surface area contributed by atoms with Crippen LogP contribution in [0.15, 0.2) is 23.6 Å². The third kappa shape index (κ3) is 4.09. The molecular weight excluding hydrogens is 438 g/mol. The van der Waals surface area contributed by atoms with Gasteiger partial charge in [-0.3, -0.25) is 9.59 Å². The molecule has 174 valence electrons. The average molecular weight is 468 g/mol. The number of anilines is 1. The van der Waals surface area contributed by atoms with Gasteiger partial charge in [-0.05, 0) is 80.9 Å². The molecule has 0 spiro atoms. The molecule has 8 heteroatoms. The van der Waals surface area contributed by atoms with Gasteiger partial charge in [0.15, 0.2) is 16.6 Å². The highest BCUT2D eigenvalue weighted by molar-refractivity contribution is 7.14. The van der Waals surface area contributed by atoms with Crippen molar-refractivity contribution >= 4 is 28.3 Å². The molecule has 7 rings (SSSR count). The van der Waals surface area contributed by atoms with Gasteiger partial charge in [-0.1, -0.05) is 0 Å². The third-order valence-electron chi connectivity index (χ3n) is 7.80. The monoisotopic (exact) mass is 467 g/mol. The molecule has 4 saturated carbocycles. The number of nitrogens with zero attached hydrogens (tertiary/aromatic N) is 1. The van der Waals surface area contributed by atoms with Crippen LogP contribution in [0.4, 0.5) is 5.13 Å². The molecule has 2 aromatic rings. The number of ether oxygens (including phenoxy) is 2. The van der Waals surface area contributed by atoms with Crippen molar-refractivity contribution in [2.75, 3.05) is 18.7 Å². The summed E-state index contributed by atoms with van der Waals surface area (Å²) in [5.41, 5.74) is 1.59. The summed E-state index contributed by atoms with van der Waals surface area (Å²) in [7, 11) is 0. The lowest BCUT2D eigenvalue weighted by atomic mass is 9.49. The van der Waals surface area contributed by atoms with Crippen LogP contribution in [-0.2, 0) is 9.59 Å². The molecule has 2 heterocycles. The summed E-state index contributed by atoms with van der Waals surface area (Å²) in [4.78, 5) is 29.9. The summed E-state index contributed by atoms with van der Waals surface area (Å²) in [5, 5.41) is 8.52. The van der Waals surface area contributed by atoms with Crippen molar-refractivity contribution in [2.24, 2.45) is 23.2 Å². The van der Waals surface area contributed by atoms with Crippen molar-refractivity contribution in [1.82, 2.24) is 10.3 Å². The van der Waals surface area contributed by atoms with E-state index in [0.29, 0.717) is 30.3 Å². The second kappa shape index (κ2) is 8.31. The molecule has 7 nitrogen and oxygen atoms in total. The number of amides is 2. The molecule has 1 aromatic carbocycles. The zero-order valence-corrected chi connectivity index (χ0v) is 19.4. The van der Waals surface area contributed by atoms with E-state index in [1.807, 2.05) is 23.6 Å². The first-order chi connectivity index (χ1) is 16.1. The summed E-state index contributed by atoms with van der Waals surface area (Å²) < 4.78 is 10.8. The van der Waals surface area contributed by atoms with Crippen molar-refractivity contribution < 1.29 is 19.1 Å².